The van der Waals surface area contributed by atoms with E-state index < -0.39 is 0 Å². The predicted molar refractivity (Wildman–Crippen MR) is 77.5 cm³/mol. The number of nitrogens with one attached hydrogen (secondary N) is 1. The van der Waals surface area contributed by atoms with Crippen molar-refractivity contribution in [2.45, 2.75) is 13.0 Å². The van der Waals surface area contributed by atoms with Gasteiger partial charge in [0, 0.05) is 16.9 Å². The van der Waals surface area contributed by atoms with Crippen LogP contribution in [-0.4, -0.2) is 19.1 Å². The van der Waals surface area contributed by atoms with Crippen molar-refractivity contribution in [2.24, 2.45) is 0 Å². The number of hydrogen-bond donors (Lipinski definition) is 1. The van der Waals surface area contributed by atoms with Crippen molar-refractivity contribution in [1.29, 1.82) is 0 Å². The minimum Gasteiger partial charge on any atom is -0.490 e. The molecule has 1 aliphatic rings. The van der Waals surface area contributed by atoms with Gasteiger partial charge in [-0.15, -0.1) is 11.3 Å². The van der Waals surface area contributed by atoms with Crippen molar-refractivity contribution < 1.29 is 14.3 Å². The van der Waals surface area contributed by atoms with Crippen molar-refractivity contribution in [1.82, 2.24) is 5.32 Å². The summed E-state index contributed by atoms with van der Waals surface area (Å²) in [5, 5.41) is 4.89. The molecule has 0 atom stereocenters. The van der Waals surface area contributed by atoms with Gasteiger partial charge in [-0.3, -0.25) is 4.79 Å². The Morgan fingerprint density at radius 3 is 2.85 bits per heavy atom. The molecule has 1 N–H and O–H groups in total. The molecule has 1 aromatic heterocycles. The van der Waals surface area contributed by atoms with Gasteiger partial charge >= 0.3 is 0 Å². The number of carbonyl (C=O) groups excluding carboxylic acids is 1. The van der Waals surface area contributed by atoms with Gasteiger partial charge in [-0.25, -0.2) is 0 Å². The van der Waals surface area contributed by atoms with Crippen LogP contribution in [0, 0.1) is 0 Å². The van der Waals surface area contributed by atoms with Gasteiger partial charge in [0.15, 0.2) is 11.5 Å². The number of rotatable bonds is 3. The molecule has 0 aliphatic carbocycles. The van der Waals surface area contributed by atoms with E-state index in [9.17, 15) is 4.79 Å². The molecular formula is C15H15NO3S. The minimum absolute atomic E-state index is 0.103. The average molecular weight is 289 g/mol. The first-order chi connectivity index (χ1) is 9.83. The largest absolute Gasteiger partial charge is 0.490 e. The van der Waals surface area contributed by atoms with Gasteiger partial charge in [0.25, 0.3) is 5.91 Å². The molecule has 0 saturated heterocycles. The van der Waals surface area contributed by atoms with E-state index in [0.717, 1.165) is 11.3 Å². The summed E-state index contributed by atoms with van der Waals surface area (Å²) in [6, 6.07) is 9.26. The molecular weight excluding hydrogens is 274 g/mol. The summed E-state index contributed by atoms with van der Waals surface area (Å²) in [5.74, 6) is 1.25. The van der Waals surface area contributed by atoms with Gasteiger partial charge in [0.05, 0.1) is 19.8 Å². The summed E-state index contributed by atoms with van der Waals surface area (Å²) in [4.78, 5) is 13.2. The highest BCUT2D eigenvalue weighted by Crippen LogP contribution is 2.30. The number of ether oxygens (including phenoxy) is 2. The molecule has 0 saturated carbocycles. The summed E-state index contributed by atoms with van der Waals surface area (Å²) < 4.78 is 11.1. The van der Waals surface area contributed by atoms with Crippen LogP contribution in [0.4, 0.5) is 0 Å². The minimum atomic E-state index is -0.103. The number of carbonyl (C=O) groups is 1. The highest BCUT2D eigenvalue weighted by molar-refractivity contribution is 7.09. The van der Waals surface area contributed by atoms with E-state index in [4.69, 9.17) is 9.47 Å². The maximum Gasteiger partial charge on any atom is 0.251 e. The Morgan fingerprint density at radius 1 is 1.20 bits per heavy atom. The number of fused-ring (bicyclic) bond motifs is 1. The fourth-order valence-corrected chi connectivity index (χ4v) is 2.63. The van der Waals surface area contributed by atoms with Crippen molar-refractivity contribution in [3.8, 4) is 11.5 Å². The van der Waals surface area contributed by atoms with E-state index in [1.54, 1.807) is 29.5 Å². The fraction of sp³-hybridized carbons (Fsp3) is 0.267. The Balaban J connectivity index is 1.70. The second kappa shape index (κ2) is 5.96. The molecule has 4 nitrogen and oxygen atoms in total. The van der Waals surface area contributed by atoms with Crippen LogP contribution in [0.15, 0.2) is 35.7 Å². The zero-order valence-electron chi connectivity index (χ0n) is 10.9. The topological polar surface area (TPSA) is 47.6 Å². The zero-order chi connectivity index (χ0) is 13.8. The monoisotopic (exact) mass is 289 g/mol. The van der Waals surface area contributed by atoms with Crippen LogP contribution in [0.3, 0.4) is 0 Å². The second-order valence-corrected chi connectivity index (χ2v) is 5.51. The highest BCUT2D eigenvalue weighted by atomic mass is 32.1. The number of benzene rings is 1. The summed E-state index contributed by atoms with van der Waals surface area (Å²) in [7, 11) is 0. The first-order valence-corrected chi connectivity index (χ1v) is 7.41. The van der Waals surface area contributed by atoms with E-state index in [1.165, 1.54) is 0 Å². The molecule has 2 aromatic rings. The smallest absolute Gasteiger partial charge is 0.251 e. The lowest BCUT2D eigenvalue weighted by Crippen LogP contribution is -2.22. The third-order valence-corrected chi connectivity index (χ3v) is 3.89. The molecule has 1 aliphatic heterocycles. The molecule has 1 amide bonds. The number of amides is 1. The van der Waals surface area contributed by atoms with Crippen LogP contribution in [-0.2, 0) is 6.54 Å². The van der Waals surface area contributed by atoms with Gasteiger partial charge in [0.1, 0.15) is 0 Å². The van der Waals surface area contributed by atoms with Gasteiger partial charge in [-0.05, 0) is 29.6 Å². The van der Waals surface area contributed by atoms with Crippen molar-refractivity contribution in [2.75, 3.05) is 13.2 Å². The summed E-state index contributed by atoms with van der Waals surface area (Å²) >= 11 is 1.63. The third-order valence-electron chi connectivity index (χ3n) is 3.01. The van der Waals surface area contributed by atoms with E-state index in [0.29, 0.717) is 36.8 Å². The van der Waals surface area contributed by atoms with Gasteiger partial charge in [-0.2, -0.15) is 0 Å². The Bertz CT molecular complexity index is 595. The Kier molecular flexibility index (Phi) is 3.87. The van der Waals surface area contributed by atoms with Crippen molar-refractivity contribution in [3.05, 3.63) is 46.2 Å². The summed E-state index contributed by atoms with van der Waals surface area (Å²) in [5.41, 5.74) is 0.589. The molecule has 0 unspecified atom stereocenters. The van der Waals surface area contributed by atoms with Gasteiger partial charge in [0.2, 0.25) is 0 Å². The third kappa shape index (κ3) is 2.93. The summed E-state index contributed by atoms with van der Waals surface area (Å²) in [6.45, 7) is 1.81. The molecule has 1 aromatic carbocycles. The molecule has 104 valence electrons. The SMILES string of the molecule is O=C(NCc1cccs1)c1ccc2c(c1)OCCCO2. The standard InChI is InChI=1S/C15H15NO3S/c17-15(16-10-12-3-1-8-20-12)11-4-5-13-14(9-11)19-7-2-6-18-13/h1,3-5,8-9H,2,6-7,10H2,(H,16,17). The fourth-order valence-electron chi connectivity index (χ4n) is 1.99. The Labute approximate surface area is 121 Å². The molecule has 0 bridgehead atoms. The Hall–Kier alpha value is -2.01. The van der Waals surface area contributed by atoms with E-state index >= 15 is 0 Å². The van der Waals surface area contributed by atoms with Gasteiger partial charge in [-0.1, -0.05) is 6.07 Å². The Morgan fingerprint density at radius 2 is 2.05 bits per heavy atom. The first kappa shape index (κ1) is 13.0. The van der Waals surface area contributed by atoms with Gasteiger partial charge < -0.3 is 14.8 Å². The average Bonchev–Trinajstić information content (AvgIpc) is 2.88. The van der Waals surface area contributed by atoms with Crippen LogP contribution in [0.2, 0.25) is 0 Å². The lowest BCUT2D eigenvalue weighted by atomic mass is 10.2. The van der Waals surface area contributed by atoms with Crippen LogP contribution in [0.1, 0.15) is 21.7 Å². The van der Waals surface area contributed by atoms with Crippen LogP contribution in [0.5, 0.6) is 11.5 Å². The van der Waals surface area contributed by atoms with E-state index in [1.807, 2.05) is 17.5 Å². The van der Waals surface area contributed by atoms with Crippen molar-refractivity contribution >= 4 is 17.2 Å². The molecule has 5 heteroatoms. The second-order valence-electron chi connectivity index (χ2n) is 4.47. The van der Waals surface area contributed by atoms with Crippen LogP contribution in [0.25, 0.3) is 0 Å². The van der Waals surface area contributed by atoms with Crippen molar-refractivity contribution in [3.63, 3.8) is 0 Å². The predicted octanol–water partition coefficient (Wildman–Crippen LogP) is 2.84. The lowest BCUT2D eigenvalue weighted by Gasteiger charge is -2.09. The van der Waals surface area contributed by atoms with E-state index in [2.05, 4.69) is 5.32 Å². The zero-order valence-corrected chi connectivity index (χ0v) is 11.7. The molecule has 0 radical (unpaired) electrons. The van der Waals surface area contributed by atoms with E-state index in [-0.39, 0.29) is 5.91 Å². The van der Waals surface area contributed by atoms with Crippen LogP contribution < -0.4 is 14.8 Å². The lowest BCUT2D eigenvalue weighted by molar-refractivity contribution is 0.0951. The molecule has 0 fully saturated rings. The number of thiophene rings is 1. The maximum absolute atomic E-state index is 12.1. The molecule has 2 heterocycles. The molecule has 0 spiro atoms. The molecule has 20 heavy (non-hydrogen) atoms. The highest BCUT2D eigenvalue weighted by Gasteiger charge is 2.13. The molecule has 3 rings (SSSR count). The quantitative estimate of drug-likeness (QED) is 0.945. The number of hydrogen-bond acceptors (Lipinski definition) is 4. The normalized spacial score (nSPS) is 13.6. The summed E-state index contributed by atoms with van der Waals surface area (Å²) in [6.07, 6.45) is 0.856. The first-order valence-electron chi connectivity index (χ1n) is 6.53. The maximum atomic E-state index is 12.1. The van der Waals surface area contributed by atoms with Crippen LogP contribution >= 0.6 is 11.3 Å².